The van der Waals surface area contributed by atoms with Gasteiger partial charge in [0.2, 0.25) is 0 Å². The number of para-hydroxylation sites is 1. The van der Waals surface area contributed by atoms with Crippen LogP contribution in [0.1, 0.15) is 19.4 Å². The minimum atomic E-state index is -0.120. The molecule has 1 N–H and O–H groups in total. The van der Waals surface area contributed by atoms with E-state index in [-0.39, 0.29) is 5.41 Å². The van der Waals surface area contributed by atoms with E-state index in [2.05, 4.69) is 66.8 Å². The summed E-state index contributed by atoms with van der Waals surface area (Å²) in [6.07, 6.45) is 1.83. The second-order valence-electron chi connectivity index (χ2n) is 6.57. The number of hydrazone groups is 1. The number of rotatable bonds is 3. The van der Waals surface area contributed by atoms with Crippen LogP contribution in [0.3, 0.4) is 0 Å². The lowest BCUT2D eigenvalue weighted by Gasteiger charge is -2.19. The normalized spacial score (nSPS) is 15.5. The number of hydrogen-bond donors (Lipinski definition) is 1. The zero-order chi connectivity index (χ0) is 16.6. The van der Waals surface area contributed by atoms with Gasteiger partial charge in [-0.3, -0.25) is 10.4 Å². The number of anilines is 1. The first-order valence-electron chi connectivity index (χ1n) is 8.11. The van der Waals surface area contributed by atoms with Crippen LogP contribution in [0.15, 0.2) is 76.8 Å². The van der Waals surface area contributed by atoms with Crippen molar-refractivity contribution in [1.29, 1.82) is 0 Å². The third kappa shape index (κ3) is 2.48. The van der Waals surface area contributed by atoms with E-state index in [9.17, 15) is 0 Å². The molecule has 0 unspecified atom stereocenters. The van der Waals surface area contributed by atoms with Gasteiger partial charge in [-0.15, -0.1) is 0 Å². The molecule has 24 heavy (non-hydrogen) atoms. The summed E-state index contributed by atoms with van der Waals surface area (Å²) in [5, 5.41) is 6.83. The topological polar surface area (TPSA) is 36.8 Å². The van der Waals surface area contributed by atoms with Crippen LogP contribution in [0.2, 0.25) is 0 Å². The maximum Gasteiger partial charge on any atom is 0.0712 e. The van der Waals surface area contributed by atoms with Crippen LogP contribution in [0, 0.1) is 0 Å². The Hall–Kier alpha value is -2.94. The number of nitrogens with one attached hydrogen (secondary N) is 1. The Morgan fingerprint density at radius 2 is 1.67 bits per heavy atom. The molecule has 0 saturated carbocycles. The van der Waals surface area contributed by atoms with Crippen molar-refractivity contribution in [1.82, 2.24) is 0 Å². The standard InChI is InChI=1S/C21H19N3/c1-21(2)18-9-5-6-10-19(18)23-20(21)14-22-24-17-12-11-15-7-3-4-8-16(15)13-17/h3-14,24H,1-2H3. The highest BCUT2D eigenvalue weighted by molar-refractivity contribution is 6.36. The van der Waals surface area contributed by atoms with Gasteiger partial charge >= 0.3 is 0 Å². The Balaban J connectivity index is 1.55. The molecule has 1 heterocycles. The third-order valence-electron chi connectivity index (χ3n) is 4.59. The monoisotopic (exact) mass is 313 g/mol. The predicted molar refractivity (Wildman–Crippen MR) is 103 cm³/mol. The molecule has 4 rings (SSSR count). The van der Waals surface area contributed by atoms with Gasteiger partial charge in [-0.2, -0.15) is 5.10 Å². The van der Waals surface area contributed by atoms with E-state index in [1.807, 2.05) is 30.5 Å². The van der Waals surface area contributed by atoms with Crippen LogP contribution >= 0.6 is 0 Å². The molecule has 0 radical (unpaired) electrons. The van der Waals surface area contributed by atoms with E-state index in [1.54, 1.807) is 0 Å². The van der Waals surface area contributed by atoms with E-state index in [4.69, 9.17) is 4.99 Å². The van der Waals surface area contributed by atoms with Crippen LogP contribution in [-0.2, 0) is 5.41 Å². The van der Waals surface area contributed by atoms with Gasteiger partial charge < -0.3 is 0 Å². The van der Waals surface area contributed by atoms with Crippen molar-refractivity contribution in [2.75, 3.05) is 5.43 Å². The summed E-state index contributed by atoms with van der Waals surface area (Å²) < 4.78 is 0. The molecule has 0 fully saturated rings. The molecular weight excluding hydrogens is 294 g/mol. The fraction of sp³-hybridized carbons (Fsp3) is 0.143. The first kappa shape index (κ1) is 14.6. The molecular formula is C21H19N3. The molecule has 0 atom stereocenters. The smallest absolute Gasteiger partial charge is 0.0712 e. The third-order valence-corrected chi connectivity index (χ3v) is 4.59. The Bertz CT molecular complexity index is 967. The van der Waals surface area contributed by atoms with Gasteiger partial charge in [0.25, 0.3) is 0 Å². The lowest BCUT2D eigenvalue weighted by atomic mass is 9.82. The van der Waals surface area contributed by atoms with Crippen LogP contribution in [-0.4, -0.2) is 11.9 Å². The quantitative estimate of drug-likeness (QED) is 0.517. The van der Waals surface area contributed by atoms with Crippen molar-refractivity contribution in [3.05, 3.63) is 72.3 Å². The molecule has 3 aromatic carbocycles. The van der Waals surface area contributed by atoms with Crippen molar-refractivity contribution in [2.45, 2.75) is 19.3 Å². The number of hydrogen-bond acceptors (Lipinski definition) is 3. The average Bonchev–Trinajstić information content (AvgIpc) is 2.86. The molecule has 0 aromatic heterocycles. The molecule has 118 valence electrons. The highest BCUT2D eigenvalue weighted by Gasteiger charge is 2.33. The summed E-state index contributed by atoms with van der Waals surface area (Å²) in [7, 11) is 0. The summed E-state index contributed by atoms with van der Waals surface area (Å²) in [4.78, 5) is 4.71. The van der Waals surface area contributed by atoms with Gasteiger partial charge in [-0.05, 0) is 34.5 Å². The highest BCUT2D eigenvalue weighted by Crippen LogP contribution is 2.38. The summed E-state index contributed by atoms with van der Waals surface area (Å²) in [6.45, 7) is 4.36. The zero-order valence-electron chi connectivity index (χ0n) is 13.8. The minimum Gasteiger partial charge on any atom is -0.278 e. The fourth-order valence-electron chi connectivity index (χ4n) is 3.12. The molecule has 1 aliphatic rings. The second kappa shape index (κ2) is 5.60. The Kier molecular flexibility index (Phi) is 3.42. The number of fused-ring (bicyclic) bond motifs is 2. The molecule has 0 saturated heterocycles. The first-order chi connectivity index (χ1) is 11.6. The largest absolute Gasteiger partial charge is 0.278 e. The van der Waals surface area contributed by atoms with Crippen molar-refractivity contribution >= 4 is 34.1 Å². The molecule has 0 bridgehead atoms. The van der Waals surface area contributed by atoms with Gasteiger partial charge in [0, 0.05) is 5.41 Å². The van der Waals surface area contributed by atoms with E-state index < -0.39 is 0 Å². The van der Waals surface area contributed by atoms with E-state index in [1.165, 1.54) is 16.3 Å². The van der Waals surface area contributed by atoms with E-state index >= 15 is 0 Å². The van der Waals surface area contributed by atoms with Crippen molar-refractivity contribution < 1.29 is 0 Å². The molecule has 0 aliphatic carbocycles. The van der Waals surface area contributed by atoms with Gasteiger partial charge in [-0.1, -0.05) is 62.4 Å². The lowest BCUT2D eigenvalue weighted by molar-refractivity contribution is 0.744. The lowest BCUT2D eigenvalue weighted by Crippen LogP contribution is -2.26. The van der Waals surface area contributed by atoms with Crippen LogP contribution in [0.5, 0.6) is 0 Å². The van der Waals surface area contributed by atoms with Crippen molar-refractivity contribution in [2.24, 2.45) is 10.1 Å². The molecule has 3 nitrogen and oxygen atoms in total. The minimum absolute atomic E-state index is 0.120. The van der Waals surface area contributed by atoms with Crippen LogP contribution < -0.4 is 5.43 Å². The molecule has 1 aliphatic heterocycles. The summed E-state index contributed by atoms with van der Waals surface area (Å²) >= 11 is 0. The van der Waals surface area contributed by atoms with Gasteiger partial charge in [0.05, 0.1) is 23.3 Å². The van der Waals surface area contributed by atoms with Crippen molar-refractivity contribution in [3.63, 3.8) is 0 Å². The van der Waals surface area contributed by atoms with Crippen LogP contribution in [0.25, 0.3) is 10.8 Å². The molecule has 3 aromatic rings. The predicted octanol–water partition coefficient (Wildman–Crippen LogP) is 5.30. The van der Waals surface area contributed by atoms with Gasteiger partial charge in [0.1, 0.15) is 0 Å². The molecule has 3 heteroatoms. The van der Waals surface area contributed by atoms with Gasteiger partial charge in [-0.25, -0.2) is 0 Å². The number of benzene rings is 3. The zero-order valence-corrected chi connectivity index (χ0v) is 13.8. The van der Waals surface area contributed by atoms with E-state index in [0.29, 0.717) is 0 Å². The maximum atomic E-state index is 4.71. The highest BCUT2D eigenvalue weighted by atomic mass is 15.3. The SMILES string of the molecule is CC1(C)C(C=NNc2ccc3ccccc3c2)=Nc2ccccc21. The number of aliphatic imine (C=N–C) groups is 1. The van der Waals surface area contributed by atoms with Gasteiger partial charge in [0.15, 0.2) is 0 Å². The molecule has 0 amide bonds. The first-order valence-corrected chi connectivity index (χ1v) is 8.11. The Morgan fingerprint density at radius 3 is 2.50 bits per heavy atom. The van der Waals surface area contributed by atoms with Crippen molar-refractivity contribution in [3.8, 4) is 0 Å². The number of nitrogens with zero attached hydrogens (tertiary/aromatic N) is 2. The van der Waals surface area contributed by atoms with E-state index in [0.717, 1.165) is 17.1 Å². The summed E-state index contributed by atoms with van der Waals surface area (Å²) in [5.74, 6) is 0. The average molecular weight is 313 g/mol. The summed E-state index contributed by atoms with van der Waals surface area (Å²) in [5.41, 5.74) is 7.22. The Morgan fingerprint density at radius 1 is 0.917 bits per heavy atom. The Labute approximate surface area is 141 Å². The summed E-state index contributed by atoms with van der Waals surface area (Å²) in [6, 6.07) is 22.8. The maximum absolute atomic E-state index is 4.71. The van der Waals surface area contributed by atoms with Crippen LogP contribution in [0.4, 0.5) is 11.4 Å². The second-order valence-corrected chi connectivity index (χ2v) is 6.57. The molecule has 0 spiro atoms. The fourth-order valence-corrected chi connectivity index (χ4v) is 3.12.